The zero-order valence-electron chi connectivity index (χ0n) is 9.83. The number of hydrogen-bond donors (Lipinski definition) is 1. The molecule has 0 aliphatic carbocycles. The van der Waals surface area contributed by atoms with Gasteiger partial charge in [-0.15, -0.1) is 0 Å². The number of likely N-dealkylation sites (tertiary alicyclic amines) is 1. The number of fused-ring (bicyclic) bond motifs is 1. The zero-order chi connectivity index (χ0) is 12.7. The maximum Gasteiger partial charge on any atom is 0.253 e. The summed E-state index contributed by atoms with van der Waals surface area (Å²) in [7, 11) is 0. The summed E-state index contributed by atoms with van der Waals surface area (Å²) in [6.45, 7) is 3.88. The van der Waals surface area contributed by atoms with Gasteiger partial charge in [-0.05, 0) is 30.0 Å². The van der Waals surface area contributed by atoms with E-state index in [2.05, 4.69) is 37.2 Å². The summed E-state index contributed by atoms with van der Waals surface area (Å²) in [4.78, 5) is 14.4. The number of halogens is 2. The molecule has 2 atom stereocenters. The van der Waals surface area contributed by atoms with E-state index in [-0.39, 0.29) is 5.91 Å². The second-order valence-electron chi connectivity index (χ2n) is 5.05. The molecule has 96 valence electrons. The van der Waals surface area contributed by atoms with E-state index in [4.69, 9.17) is 0 Å². The van der Waals surface area contributed by atoms with E-state index in [0.717, 1.165) is 40.7 Å². The summed E-state index contributed by atoms with van der Waals surface area (Å²) in [5, 5.41) is 3.39. The Hall–Kier alpha value is -0.390. The number of benzene rings is 1. The average Bonchev–Trinajstić information content (AvgIpc) is 2.86. The first-order chi connectivity index (χ1) is 8.63. The SMILES string of the molecule is O=C(c1cc(Br)cc(Br)c1)N1C[C@H]2CNC[C@H]2C1. The summed E-state index contributed by atoms with van der Waals surface area (Å²) in [6, 6.07) is 5.72. The molecule has 5 heteroatoms. The zero-order valence-corrected chi connectivity index (χ0v) is 13.0. The topological polar surface area (TPSA) is 32.3 Å². The van der Waals surface area contributed by atoms with Gasteiger partial charge in [-0.25, -0.2) is 0 Å². The van der Waals surface area contributed by atoms with Gasteiger partial charge in [0, 0.05) is 40.7 Å². The lowest BCUT2D eigenvalue weighted by Gasteiger charge is -2.17. The van der Waals surface area contributed by atoms with Crippen LogP contribution >= 0.6 is 31.9 Å². The molecular weight excluding hydrogens is 360 g/mol. The lowest BCUT2D eigenvalue weighted by molar-refractivity contribution is 0.0781. The molecule has 0 saturated carbocycles. The number of nitrogens with one attached hydrogen (secondary N) is 1. The number of hydrogen-bond acceptors (Lipinski definition) is 2. The van der Waals surface area contributed by atoms with E-state index in [9.17, 15) is 4.79 Å². The third-order valence-electron chi connectivity index (χ3n) is 3.79. The van der Waals surface area contributed by atoms with Crippen LogP contribution in [0.3, 0.4) is 0 Å². The highest BCUT2D eigenvalue weighted by Crippen LogP contribution is 2.28. The molecule has 1 amide bonds. The Morgan fingerprint density at radius 2 is 1.67 bits per heavy atom. The van der Waals surface area contributed by atoms with Gasteiger partial charge in [0.25, 0.3) is 5.91 Å². The highest BCUT2D eigenvalue weighted by Gasteiger charge is 2.38. The van der Waals surface area contributed by atoms with Gasteiger partial charge in [-0.1, -0.05) is 31.9 Å². The molecule has 0 bridgehead atoms. The Labute approximate surface area is 123 Å². The van der Waals surface area contributed by atoms with E-state index >= 15 is 0 Å². The van der Waals surface area contributed by atoms with Gasteiger partial charge in [0.2, 0.25) is 0 Å². The lowest BCUT2D eigenvalue weighted by Crippen LogP contribution is -2.31. The van der Waals surface area contributed by atoms with E-state index < -0.39 is 0 Å². The van der Waals surface area contributed by atoms with Crippen LogP contribution in [0.25, 0.3) is 0 Å². The van der Waals surface area contributed by atoms with E-state index in [1.54, 1.807) is 0 Å². The second-order valence-corrected chi connectivity index (χ2v) is 6.88. The summed E-state index contributed by atoms with van der Waals surface area (Å²) in [6.07, 6.45) is 0. The fourth-order valence-electron chi connectivity index (χ4n) is 2.88. The number of carbonyl (C=O) groups excluding carboxylic acids is 1. The van der Waals surface area contributed by atoms with Crippen molar-refractivity contribution in [2.45, 2.75) is 0 Å². The Morgan fingerprint density at radius 3 is 2.22 bits per heavy atom. The minimum Gasteiger partial charge on any atom is -0.338 e. The lowest BCUT2D eigenvalue weighted by atomic mass is 10.0. The molecule has 2 saturated heterocycles. The fraction of sp³-hybridized carbons (Fsp3) is 0.462. The van der Waals surface area contributed by atoms with Crippen molar-refractivity contribution in [3.63, 3.8) is 0 Å². The summed E-state index contributed by atoms with van der Waals surface area (Å²) in [5.74, 6) is 1.43. The molecule has 2 aliphatic rings. The maximum atomic E-state index is 12.4. The maximum absolute atomic E-state index is 12.4. The van der Waals surface area contributed by atoms with Crippen molar-refractivity contribution in [1.29, 1.82) is 0 Å². The Kier molecular flexibility index (Phi) is 3.47. The van der Waals surface area contributed by atoms with Crippen molar-refractivity contribution in [2.24, 2.45) is 11.8 Å². The quantitative estimate of drug-likeness (QED) is 0.820. The molecule has 1 aromatic rings. The predicted molar refractivity (Wildman–Crippen MR) is 77.6 cm³/mol. The van der Waals surface area contributed by atoms with Crippen molar-refractivity contribution in [3.05, 3.63) is 32.7 Å². The molecule has 18 heavy (non-hydrogen) atoms. The molecule has 0 spiro atoms. The molecule has 2 heterocycles. The van der Waals surface area contributed by atoms with Crippen molar-refractivity contribution in [1.82, 2.24) is 10.2 Å². The van der Waals surface area contributed by atoms with Gasteiger partial charge >= 0.3 is 0 Å². The van der Waals surface area contributed by atoms with Gasteiger partial charge in [-0.2, -0.15) is 0 Å². The molecule has 3 nitrogen and oxygen atoms in total. The predicted octanol–water partition coefficient (Wildman–Crippen LogP) is 2.50. The number of amides is 1. The van der Waals surface area contributed by atoms with Gasteiger partial charge in [0.05, 0.1) is 0 Å². The van der Waals surface area contributed by atoms with E-state index in [0.29, 0.717) is 11.8 Å². The molecule has 0 aromatic heterocycles. The third kappa shape index (κ3) is 2.36. The van der Waals surface area contributed by atoms with Crippen LogP contribution in [-0.2, 0) is 0 Å². The van der Waals surface area contributed by atoms with Crippen LogP contribution in [0.1, 0.15) is 10.4 Å². The van der Waals surface area contributed by atoms with Crippen molar-refractivity contribution < 1.29 is 4.79 Å². The molecule has 0 radical (unpaired) electrons. The molecule has 1 aromatic carbocycles. The van der Waals surface area contributed by atoms with Crippen LogP contribution in [0, 0.1) is 11.8 Å². The van der Waals surface area contributed by atoms with Crippen LogP contribution in [0.2, 0.25) is 0 Å². The third-order valence-corrected chi connectivity index (χ3v) is 4.70. The van der Waals surface area contributed by atoms with Gasteiger partial charge in [-0.3, -0.25) is 4.79 Å². The van der Waals surface area contributed by atoms with Crippen LogP contribution in [0.5, 0.6) is 0 Å². The number of carbonyl (C=O) groups is 1. The average molecular weight is 374 g/mol. The smallest absolute Gasteiger partial charge is 0.253 e. The Bertz CT molecular complexity index is 460. The van der Waals surface area contributed by atoms with Crippen molar-refractivity contribution >= 4 is 37.8 Å². The van der Waals surface area contributed by atoms with E-state index in [1.807, 2.05) is 23.1 Å². The molecule has 2 aliphatic heterocycles. The number of nitrogens with zero attached hydrogens (tertiary/aromatic N) is 1. The van der Waals surface area contributed by atoms with Crippen LogP contribution in [0.15, 0.2) is 27.1 Å². The Balaban J connectivity index is 1.78. The number of rotatable bonds is 1. The first-order valence-corrected chi connectivity index (χ1v) is 7.68. The molecule has 0 unspecified atom stereocenters. The monoisotopic (exact) mass is 372 g/mol. The Morgan fingerprint density at radius 1 is 1.11 bits per heavy atom. The molecule has 1 N–H and O–H groups in total. The van der Waals surface area contributed by atoms with Crippen LogP contribution in [0.4, 0.5) is 0 Å². The summed E-state index contributed by atoms with van der Waals surface area (Å²) >= 11 is 6.86. The minimum atomic E-state index is 0.145. The largest absolute Gasteiger partial charge is 0.338 e. The highest BCUT2D eigenvalue weighted by atomic mass is 79.9. The first kappa shape index (κ1) is 12.6. The second kappa shape index (κ2) is 4.94. The molecule has 3 rings (SSSR count). The van der Waals surface area contributed by atoms with Crippen LogP contribution in [-0.4, -0.2) is 37.0 Å². The van der Waals surface area contributed by atoms with Gasteiger partial charge in [0.15, 0.2) is 0 Å². The normalized spacial score (nSPS) is 26.4. The minimum absolute atomic E-state index is 0.145. The first-order valence-electron chi connectivity index (χ1n) is 6.09. The summed E-state index contributed by atoms with van der Waals surface area (Å²) in [5.41, 5.74) is 0.754. The molecular formula is C13H14Br2N2O. The fourth-order valence-corrected chi connectivity index (χ4v) is 4.17. The van der Waals surface area contributed by atoms with E-state index in [1.165, 1.54) is 0 Å². The standard InChI is InChI=1S/C13H14Br2N2O/c14-11-1-8(2-12(15)3-11)13(18)17-6-9-4-16-5-10(9)7-17/h1-3,9-10,16H,4-7H2/t9-,10+. The summed E-state index contributed by atoms with van der Waals surface area (Å²) < 4.78 is 1.86. The van der Waals surface area contributed by atoms with Crippen molar-refractivity contribution in [3.8, 4) is 0 Å². The highest BCUT2D eigenvalue weighted by molar-refractivity contribution is 9.11. The van der Waals surface area contributed by atoms with Crippen molar-refractivity contribution in [2.75, 3.05) is 26.2 Å². The van der Waals surface area contributed by atoms with Gasteiger partial charge in [0.1, 0.15) is 0 Å². The van der Waals surface area contributed by atoms with Gasteiger partial charge < -0.3 is 10.2 Å². The molecule has 2 fully saturated rings. The van der Waals surface area contributed by atoms with Crippen LogP contribution < -0.4 is 5.32 Å².